The van der Waals surface area contributed by atoms with Gasteiger partial charge in [-0.3, -0.25) is 0 Å². The summed E-state index contributed by atoms with van der Waals surface area (Å²) in [5, 5.41) is 0. The number of rotatable bonds is 8. The zero-order valence-electron chi connectivity index (χ0n) is 7.14. The van der Waals surface area contributed by atoms with E-state index in [-0.39, 0.29) is 0 Å². The van der Waals surface area contributed by atoms with E-state index in [1.807, 2.05) is 6.08 Å². The van der Waals surface area contributed by atoms with Gasteiger partial charge in [-0.25, -0.2) is 0 Å². The molecule has 0 aliphatic carbocycles. The highest BCUT2D eigenvalue weighted by Gasteiger charge is 1.89. The van der Waals surface area contributed by atoms with Crippen molar-refractivity contribution >= 4 is 9.76 Å². The van der Waals surface area contributed by atoms with Crippen molar-refractivity contribution in [2.24, 2.45) is 0 Å². The van der Waals surface area contributed by atoms with E-state index in [4.69, 9.17) is 9.16 Å². The lowest BCUT2D eigenvalue weighted by Gasteiger charge is -2.00. The molecule has 2 radical (unpaired) electrons. The summed E-state index contributed by atoms with van der Waals surface area (Å²) in [7, 11) is 2.33. The first-order chi connectivity index (χ1) is 5.41. The second-order valence-corrected chi connectivity index (χ2v) is 3.24. The molecule has 0 aromatic rings. The molecule has 0 rings (SSSR count). The lowest BCUT2D eigenvalue weighted by atomic mass is 10.5. The Morgan fingerprint density at radius 1 is 1.45 bits per heavy atom. The van der Waals surface area contributed by atoms with Crippen molar-refractivity contribution in [2.75, 3.05) is 20.3 Å². The first kappa shape index (κ1) is 10.9. The Morgan fingerprint density at radius 3 is 2.91 bits per heavy atom. The van der Waals surface area contributed by atoms with Gasteiger partial charge < -0.3 is 9.16 Å². The maximum absolute atomic E-state index is 5.34. The summed E-state index contributed by atoms with van der Waals surface area (Å²) in [5.74, 6) is 0. The Balaban J connectivity index is 2.74. The summed E-state index contributed by atoms with van der Waals surface area (Å²) in [6, 6.07) is 1.11. The molecule has 0 aromatic carbocycles. The molecule has 0 fully saturated rings. The van der Waals surface area contributed by atoms with E-state index in [1.54, 1.807) is 7.11 Å². The van der Waals surface area contributed by atoms with Crippen molar-refractivity contribution in [1.29, 1.82) is 0 Å². The second kappa shape index (κ2) is 9.88. The lowest BCUT2D eigenvalue weighted by molar-refractivity contribution is 0.174. The van der Waals surface area contributed by atoms with E-state index in [0.29, 0.717) is 9.76 Å². The van der Waals surface area contributed by atoms with Gasteiger partial charge in [-0.1, -0.05) is 6.08 Å². The molecular formula is C8H16O2Si. The zero-order chi connectivity index (χ0) is 8.36. The van der Waals surface area contributed by atoms with Crippen LogP contribution in [0.15, 0.2) is 12.7 Å². The van der Waals surface area contributed by atoms with Crippen molar-refractivity contribution in [3.05, 3.63) is 12.7 Å². The highest BCUT2D eigenvalue weighted by molar-refractivity contribution is 6.27. The Bertz CT molecular complexity index is 86.2. The molecule has 0 amide bonds. The summed E-state index contributed by atoms with van der Waals surface area (Å²) < 4.78 is 10.2. The number of hydrogen-bond donors (Lipinski definition) is 0. The van der Waals surface area contributed by atoms with E-state index in [1.165, 1.54) is 0 Å². The summed E-state index contributed by atoms with van der Waals surface area (Å²) in [6.45, 7) is 5.26. The second-order valence-electron chi connectivity index (χ2n) is 2.17. The van der Waals surface area contributed by atoms with Crippen LogP contribution in [0.4, 0.5) is 0 Å². The van der Waals surface area contributed by atoms with Crippen LogP contribution in [-0.4, -0.2) is 30.1 Å². The van der Waals surface area contributed by atoms with E-state index >= 15 is 0 Å². The maximum atomic E-state index is 5.34. The SMILES string of the molecule is C=CCC[Si]OCCCOC. The van der Waals surface area contributed by atoms with Crippen molar-refractivity contribution < 1.29 is 9.16 Å². The summed E-state index contributed by atoms with van der Waals surface area (Å²) in [4.78, 5) is 0. The van der Waals surface area contributed by atoms with Gasteiger partial charge in [0.1, 0.15) is 0 Å². The fraction of sp³-hybridized carbons (Fsp3) is 0.750. The predicted octanol–water partition coefficient (Wildman–Crippen LogP) is 1.65. The van der Waals surface area contributed by atoms with Crippen LogP contribution in [0.1, 0.15) is 12.8 Å². The van der Waals surface area contributed by atoms with E-state index in [2.05, 4.69) is 6.58 Å². The quantitative estimate of drug-likeness (QED) is 0.315. The van der Waals surface area contributed by atoms with Gasteiger partial charge in [-0.2, -0.15) is 0 Å². The van der Waals surface area contributed by atoms with Crippen LogP contribution in [0.2, 0.25) is 6.04 Å². The Hall–Kier alpha value is -0.123. The van der Waals surface area contributed by atoms with Crippen LogP contribution >= 0.6 is 0 Å². The van der Waals surface area contributed by atoms with Crippen LogP contribution in [0, 0.1) is 0 Å². The molecule has 11 heavy (non-hydrogen) atoms. The maximum Gasteiger partial charge on any atom is 0.229 e. The Kier molecular flexibility index (Phi) is 9.77. The molecule has 0 N–H and O–H groups in total. The lowest BCUT2D eigenvalue weighted by Crippen LogP contribution is -2.02. The van der Waals surface area contributed by atoms with E-state index in [0.717, 1.165) is 32.1 Å². The monoisotopic (exact) mass is 172 g/mol. The van der Waals surface area contributed by atoms with Crippen LogP contribution in [-0.2, 0) is 9.16 Å². The number of ether oxygens (including phenoxy) is 1. The molecule has 0 atom stereocenters. The van der Waals surface area contributed by atoms with Crippen molar-refractivity contribution in [2.45, 2.75) is 18.9 Å². The molecule has 2 nitrogen and oxygen atoms in total. The van der Waals surface area contributed by atoms with Gasteiger partial charge in [0, 0.05) is 20.3 Å². The van der Waals surface area contributed by atoms with Gasteiger partial charge in [0.05, 0.1) is 0 Å². The summed E-state index contributed by atoms with van der Waals surface area (Å²) in [6.07, 6.45) is 3.98. The minimum absolute atomic E-state index is 0.624. The average molecular weight is 172 g/mol. The normalized spacial score (nSPS) is 9.91. The van der Waals surface area contributed by atoms with Gasteiger partial charge in [-0.15, -0.1) is 6.58 Å². The first-order valence-electron chi connectivity index (χ1n) is 3.86. The molecule has 0 saturated heterocycles. The van der Waals surface area contributed by atoms with Crippen LogP contribution < -0.4 is 0 Å². The minimum atomic E-state index is 0.624. The molecule has 0 aliphatic heterocycles. The summed E-state index contributed by atoms with van der Waals surface area (Å²) >= 11 is 0. The topological polar surface area (TPSA) is 18.5 Å². The average Bonchev–Trinajstić information content (AvgIpc) is 2.03. The molecule has 0 bridgehead atoms. The number of allylic oxidation sites excluding steroid dienone is 1. The third-order valence-corrected chi connectivity index (χ3v) is 2.05. The number of methoxy groups -OCH3 is 1. The van der Waals surface area contributed by atoms with Gasteiger partial charge >= 0.3 is 0 Å². The van der Waals surface area contributed by atoms with Gasteiger partial charge in [0.15, 0.2) is 0 Å². The third kappa shape index (κ3) is 9.88. The molecule has 0 aromatic heterocycles. The summed E-state index contributed by atoms with van der Waals surface area (Å²) in [5.41, 5.74) is 0. The highest BCUT2D eigenvalue weighted by atomic mass is 28.2. The Morgan fingerprint density at radius 2 is 2.27 bits per heavy atom. The fourth-order valence-electron chi connectivity index (χ4n) is 0.581. The third-order valence-electron chi connectivity index (χ3n) is 1.15. The molecule has 3 heteroatoms. The van der Waals surface area contributed by atoms with Crippen LogP contribution in [0.5, 0.6) is 0 Å². The minimum Gasteiger partial charge on any atom is -0.417 e. The predicted molar refractivity (Wildman–Crippen MR) is 47.8 cm³/mol. The number of hydrogen-bond acceptors (Lipinski definition) is 2. The van der Waals surface area contributed by atoms with Crippen LogP contribution in [0.3, 0.4) is 0 Å². The molecule has 0 heterocycles. The van der Waals surface area contributed by atoms with Gasteiger partial charge in [0.25, 0.3) is 0 Å². The molecule has 0 spiro atoms. The molecule has 0 saturated carbocycles. The largest absolute Gasteiger partial charge is 0.417 e. The molecule has 64 valence electrons. The highest BCUT2D eigenvalue weighted by Crippen LogP contribution is 1.90. The first-order valence-corrected chi connectivity index (χ1v) is 4.98. The van der Waals surface area contributed by atoms with E-state index < -0.39 is 0 Å². The molecule has 0 aliphatic rings. The van der Waals surface area contributed by atoms with Gasteiger partial charge in [0.2, 0.25) is 9.76 Å². The van der Waals surface area contributed by atoms with Crippen molar-refractivity contribution in [1.82, 2.24) is 0 Å². The van der Waals surface area contributed by atoms with E-state index in [9.17, 15) is 0 Å². The molecular weight excluding hydrogens is 156 g/mol. The van der Waals surface area contributed by atoms with Gasteiger partial charge in [-0.05, 0) is 18.9 Å². The fourth-order valence-corrected chi connectivity index (χ4v) is 1.34. The standard InChI is InChI=1S/C8H16O2Si/c1-3-4-8-11-10-7-5-6-9-2/h3H,1,4-8H2,2H3. The smallest absolute Gasteiger partial charge is 0.229 e. The zero-order valence-corrected chi connectivity index (χ0v) is 8.14. The van der Waals surface area contributed by atoms with Crippen molar-refractivity contribution in [3.63, 3.8) is 0 Å². The van der Waals surface area contributed by atoms with Crippen molar-refractivity contribution in [3.8, 4) is 0 Å². The Labute approximate surface area is 71.5 Å². The van der Waals surface area contributed by atoms with Crippen LogP contribution in [0.25, 0.3) is 0 Å². The molecule has 0 unspecified atom stereocenters.